The van der Waals surface area contributed by atoms with E-state index in [0.717, 1.165) is 35.6 Å². The number of primary amides is 1. The minimum absolute atomic E-state index is 0.0477. The molecule has 2 fully saturated rings. The number of fused-ring (bicyclic) bond motifs is 1. The molecule has 1 saturated carbocycles. The van der Waals surface area contributed by atoms with Crippen LogP contribution < -0.4 is 27.0 Å². The zero-order valence-electron chi connectivity index (χ0n) is 24.3. The molecule has 6 N–H and O–H groups in total. The second-order valence-electron chi connectivity index (χ2n) is 11.5. The van der Waals surface area contributed by atoms with Gasteiger partial charge in [-0.15, -0.1) is 0 Å². The number of nitrogens with two attached hydrogens (primary N) is 1. The monoisotopic (exact) mass is 599 g/mol. The molecule has 0 spiro atoms. The number of piperidine rings is 1. The van der Waals surface area contributed by atoms with Gasteiger partial charge in [-0.1, -0.05) is 55.3 Å². The second-order valence-corrected chi connectivity index (χ2v) is 11.5. The van der Waals surface area contributed by atoms with Crippen LogP contribution in [0.4, 0.5) is 0 Å². The third kappa shape index (κ3) is 7.94. The molecule has 4 atom stereocenters. The van der Waals surface area contributed by atoms with Gasteiger partial charge in [0.15, 0.2) is 0 Å². The molecule has 1 aromatic heterocycles. The van der Waals surface area contributed by atoms with Crippen LogP contribution in [0.15, 0.2) is 61.1 Å². The zero-order chi connectivity index (χ0) is 31.1. The Morgan fingerprint density at radius 1 is 0.886 bits per heavy atom. The molecule has 3 aromatic rings. The number of nitrogens with one attached hydrogen (secondary N) is 4. The molecule has 1 saturated heterocycles. The highest BCUT2D eigenvalue weighted by Gasteiger charge is 2.35. The number of benzene rings is 2. The molecule has 5 amide bonds. The van der Waals surface area contributed by atoms with Gasteiger partial charge in [0.25, 0.3) is 5.91 Å². The van der Waals surface area contributed by atoms with Crippen molar-refractivity contribution < 1.29 is 24.0 Å². The van der Waals surface area contributed by atoms with Gasteiger partial charge in [0.05, 0.1) is 6.20 Å². The normalized spacial score (nSPS) is 18.4. The lowest BCUT2D eigenvalue weighted by Crippen LogP contribution is -2.57. The average molecular weight is 600 g/mol. The Kier molecular flexibility index (Phi) is 9.78. The average Bonchev–Trinajstić information content (AvgIpc) is 3.85. The minimum Gasteiger partial charge on any atom is -0.368 e. The molecule has 230 valence electrons. The molecular formula is C32H37N7O5. The van der Waals surface area contributed by atoms with E-state index in [9.17, 15) is 24.0 Å². The van der Waals surface area contributed by atoms with E-state index in [-0.39, 0.29) is 30.4 Å². The predicted molar refractivity (Wildman–Crippen MR) is 162 cm³/mol. The van der Waals surface area contributed by atoms with E-state index >= 15 is 0 Å². The van der Waals surface area contributed by atoms with E-state index in [4.69, 9.17) is 5.73 Å². The van der Waals surface area contributed by atoms with Crippen molar-refractivity contribution >= 4 is 40.3 Å². The van der Waals surface area contributed by atoms with E-state index in [1.165, 1.54) is 18.6 Å². The lowest BCUT2D eigenvalue weighted by molar-refractivity contribution is -0.133. The van der Waals surface area contributed by atoms with Crippen LogP contribution >= 0.6 is 0 Å². The van der Waals surface area contributed by atoms with Crippen molar-refractivity contribution in [2.24, 2.45) is 17.6 Å². The molecule has 12 heteroatoms. The number of amides is 5. The number of nitrogens with zero attached hydrogens (tertiary/aromatic N) is 2. The number of aromatic nitrogens is 2. The van der Waals surface area contributed by atoms with Gasteiger partial charge >= 0.3 is 0 Å². The highest BCUT2D eigenvalue weighted by molar-refractivity contribution is 5.98. The summed E-state index contributed by atoms with van der Waals surface area (Å²) in [5.74, 6) is -2.82. The summed E-state index contributed by atoms with van der Waals surface area (Å²) in [5, 5.41) is 13.0. The van der Waals surface area contributed by atoms with Crippen LogP contribution in [0.5, 0.6) is 0 Å². The van der Waals surface area contributed by atoms with Crippen LogP contribution in [0.1, 0.15) is 54.6 Å². The van der Waals surface area contributed by atoms with E-state index in [2.05, 4.69) is 31.2 Å². The third-order valence-electron chi connectivity index (χ3n) is 8.20. The summed E-state index contributed by atoms with van der Waals surface area (Å²) in [6.07, 6.45) is 7.94. The molecule has 44 heavy (non-hydrogen) atoms. The largest absolute Gasteiger partial charge is 0.368 e. The fourth-order valence-corrected chi connectivity index (χ4v) is 5.60. The molecule has 2 aliphatic rings. The van der Waals surface area contributed by atoms with E-state index in [0.29, 0.717) is 19.4 Å². The van der Waals surface area contributed by atoms with Crippen LogP contribution in [0.3, 0.4) is 0 Å². The highest BCUT2D eigenvalue weighted by atomic mass is 16.2. The number of carbonyl (C=O) groups excluding carboxylic acids is 5. The molecule has 2 aromatic carbocycles. The van der Waals surface area contributed by atoms with Crippen molar-refractivity contribution in [2.75, 3.05) is 6.54 Å². The van der Waals surface area contributed by atoms with Gasteiger partial charge in [-0.25, -0.2) is 4.98 Å². The van der Waals surface area contributed by atoms with E-state index in [1.54, 1.807) is 0 Å². The standard InChI is InChI=1S/C32H37N7O5/c33-28(40)24(17-22-8-4-12-36-29(22)41)37-30(42)25(15-19-10-11-19)38-31(43)26(39-32(44)27-18-34-13-14-35-27)16-21-7-3-6-20-5-1-2-9-23(20)21/h1-3,5-7,9,13-14,18-19,22,24-26H,4,8,10-12,15-17H2,(H2,33,40)(H,36,41)(H,37,42)(H,38,43)(H,39,44)/t22-,24-,25-,26-/m0/s1. The van der Waals surface area contributed by atoms with Crippen LogP contribution in [-0.4, -0.2) is 64.2 Å². The van der Waals surface area contributed by atoms with Crippen molar-refractivity contribution in [2.45, 2.75) is 63.1 Å². The first-order valence-corrected chi connectivity index (χ1v) is 15.0. The Labute approximate surface area is 255 Å². The predicted octanol–water partition coefficient (Wildman–Crippen LogP) is 1.14. The van der Waals surface area contributed by atoms with Crippen molar-refractivity contribution in [3.63, 3.8) is 0 Å². The Morgan fingerprint density at radius 3 is 2.36 bits per heavy atom. The number of carbonyl (C=O) groups is 5. The first-order valence-electron chi connectivity index (χ1n) is 15.0. The van der Waals surface area contributed by atoms with Crippen LogP contribution in [0.25, 0.3) is 10.8 Å². The van der Waals surface area contributed by atoms with Gasteiger partial charge in [0.2, 0.25) is 23.6 Å². The maximum Gasteiger partial charge on any atom is 0.272 e. The van der Waals surface area contributed by atoms with Crippen LogP contribution in [0, 0.1) is 11.8 Å². The summed E-state index contributed by atoms with van der Waals surface area (Å²) in [6, 6.07) is 10.4. The summed E-state index contributed by atoms with van der Waals surface area (Å²) in [5.41, 5.74) is 6.51. The summed E-state index contributed by atoms with van der Waals surface area (Å²) < 4.78 is 0. The Balaban J connectivity index is 1.35. The quantitative estimate of drug-likeness (QED) is 0.195. The summed E-state index contributed by atoms with van der Waals surface area (Å²) >= 11 is 0. The fraction of sp³-hybridized carbons (Fsp3) is 0.406. The third-order valence-corrected chi connectivity index (χ3v) is 8.20. The second kappa shape index (κ2) is 14.1. The number of rotatable bonds is 13. The van der Waals surface area contributed by atoms with Crippen molar-refractivity contribution in [3.05, 3.63) is 72.3 Å². The maximum atomic E-state index is 13.9. The molecule has 5 rings (SSSR count). The molecule has 0 unspecified atom stereocenters. The molecule has 1 aliphatic carbocycles. The Hall–Kier alpha value is -4.87. The van der Waals surface area contributed by atoms with Gasteiger partial charge < -0.3 is 27.0 Å². The van der Waals surface area contributed by atoms with Gasteiger partial charge in [-0.3, -0.25) is 29.0 Å². The lowest BCUT2D eigenvalue weighted by Gasteiger charge is -2.27. The van der Waals surface area contributed by atoms with Crippen molar-refractivity contribution in [1.29, 1.82) is 0 Å². The van der Waals surface area contributed by atoms with Crippen LogP contribution in [-0.2, 0) is 25.6 Å². The topological polar surface area (TPSA) is 185 Å². The van der Waals surface area contributed by atoms with E-state index in [1.807, 2.05) is 42.5 Å². The number of hydrogen-bond acceptors (Lipinski definition) is 7. The smallest absolute Gasteiger partial charge is 0.272 e. The number of hydrogen-bond donors (Lipinski definition) is 5. The van der Waals surface area contributed by atoms with Crippen molar-refractivity contribution in [1.82, 2.24) is 31.2 Å². The van der Waals surface area contributed by atoms with Gasteiger partial charge in [0, 0.05) is 31.3 Å². The zero-order valence-corrected chi connectivity index (χ0v) is 24.3. The SMILES string of the molecule is NC(=O)[C@H](C[C@@H]1CCCNC1=O)NC(=O)[C@H](CC1CC1)NC(=O)[C@H](Cc1cccc2ccccc12)NC(=O)c1cnccn1. The molecule has 0 radical (unpaired) electrons. The van der Waals surface area contributed by atoms with Crippen LogP contribution in [0.2, 0.25) is 0 Å². The fourth-order valence-electron chi connectivity index (χ4n) is 5.60. The van der Waals surface area contributed by atoms with Gasteiger partial charge in [0.1, 0.15) is 23.8 Å². The first-order chi connectivity index (χ1) is 21.3. The summed E-state index contributed by atoms with van der Waals surface area (Å²) in [4.78, 5) is 73.1. The molecule has 0 bridgehead atoms. The molecule has 1 aliphatic heterocycles. The van der Waals surface area contributed by atoms with Gasteiger partial charge in [-0.05, 0) is 47.9 Å². The van der Waals surface area contributed by atoms with E-state index < -0.39 is 47.7 Å². The van der Waals surface area contributed by atoms with Crippen molar-refractivity contribution in [3.8, 4) is 0 Å². The van der Waals surface area contributed by atoms with Gasteiger partial charge in [-0.2, -0.15) is 0 Å². The Bertz CT molecular complexity index is 1520. The first kappa shape index (κ1) is 30.6. The summed E-state index contributed by atoms with van der Waals surface area (Å²) in [6.45, 7) is 0.575. The molecule has 2 heterocycles. The molecule has 12 nitrogen and oxygen atoms in total. The molecular weight excluding hydrogens is 562 g/mol. The maximum absolute atomic E-state index is 13.9. The lowest BCUT2D eigenvalue weighted by atomic mass is 9.91. The summed E-state index contributed by atoms with van der Waals surface area (Å²) in [7, 11) is 0. The Morgan fingerprint density at radius 2 is 1.64 bits per heavy atom. The highest BCUT2D eigenvalue weighted by Crippen LogP contribution is 2.33. The minimum atomic E-state index is -1.07.